The van der Waals surface area contributed by atoms with Crippen LogP contribution in [0.1, 0.15) is 39.4 Å². The molecule has 0 aliphatic heterocycles. The van der Waals surface area contributed by atoms with Crippen LogP contribution in [0.2, 0.25) is 0 Å². The standard InChI is InChI=1S/C15H28N4O/c1-11(2)10-19(7-8-20-6)14-9-13(16-5)17-15(18-14)12(3)4/h9,11-12H,7-8,10H2,1-6H3,(H,16,17,18). The summed E-state index contributed by atoms with van der Waals surface area (Å²) in [6.07, 6.45) is 0. The molecule has 5 heteroatoms. The van der Waals surface area contributed by atoms with Crippen LogP contribution in [0.3, 0.4) is 0 Å². The van der Waals surface area contributed by atoms with E-state index in [4.69, 9.17) is 9.72 Å². The number of methoxy groups -OCH3 is 1. The lowest BCUT2D eigenvalue weighted by Gasteiger charge is -2.26. The molecule has 1 heterocycles. The van der Waals surface area contributed by atoms with Gasteiger partial charge in [-0.05, 0) is 5.92 Å². The molecule has 0 bridgehead atoms. The Kier molecular flexibility index (Phi) is 6.71. The van der Waals surface area contributed by atoms with Crippen molar-refractivity contribution in [3.05, 3.63) is 11.9 Å². The van der Waals surface area contributed by atoms with Gasteiger partial charge in [0, 0.05) is 39.2 Å². The van der Waals surface area contributed by atoms with Crippen LogP contribution in [0.5, 0.6) is 0 Å². The summed E-state index contributed by atoms with van der Waals surface area (Å²) in [7, 11) is 3.62. The summed E-state index contributed by atoms with van der Waals surface area (Å²) in [6, 6.07) is 2.00. The summed E-state index contributed by atoms with van der Waals surface area (Å²) >= 11 is 0. The van der Waals surface area contributed by atoms with Crippen LogP contribution in [0.4, 0.5) is 11.6 Å². The van der Waals surface area contributed by atoms with E-state index in [0.29, 0.717) is 18.4 Å². The Bertz CT molecular complexity index is 407. The summed E-state index contributed by atoms with van der Waals surface area (Å²) in [5.41, 5.74) is 0. The number of hydrogen-bond donors (Lipinski definition) is 1. The van der Waals surface area contributed by atoms with Crippen molar-refractivity contribution in [1.29, 1.82) is 0 Å². The van der Waals surface area contributed by atoms with E-state index in [1.54, 1.807) is 7.11 Å². The zero-order valence-electron chi connectivity index (χ0n) is 13.6. The van der Waals surface area contributed by atoms with E-state index in [-0.39, 0.29) is 0 Å². The van der Waals surface area contributed by atoms with E-state index >= 15 is 0 Å². The van der Waals surface area contributed by atoms with Crippen molar-refractivity contribution in [3.8, 4) is 0 Å². The lowest BCUT2D eigenvalue weighted by molar-refractivity contribution is 0.204. The predicted molar refractivity (Wildman–Crippen MR) is 84.6 cm³/mol. The molecule has 1 aromatic heterocycles. The molecule has 1 aromatic rings. The summed E-state index contributed by atoms with van der Waals surface area (Å²) < 4.78 is 5.21. The Morgan fingerprint density at radius 3 is 2.45 bits per heavy atom. The third-order valence-electron chi connectivity index (χ3n) is 2.98. The quantitative estimate of drug-likeness (QED) is 0.793. The van der Waals surface area contributed by atoms with E-state index in [1.807, 2.05) is 13.1 Å². The van der Waals surface area contributed by atoms with Gasteiger partial charge in [-0.15, -0.1) is 0 Å². The van der Waals surface area contributed by atoms with Crippen LogP contribution in [-0.2, 0) is 4.74 Å². The van der Waals surface area contributed by atoms with Crippen molar-refractivity contribution in [3.63, 3.8) is 0 Å². The smallest absolute Gasteiger partial charge is 0.135 e. The van der Waals surface area contributed by atoms with E-state index in [2.05, 4.69) is 42.9 Å². The second-order valence-electron chi connectivity index (χ2n) is 5.71. The first-order valence-electron chi connectivity index (χ1n) is 7.28. The molecule has 5 nitrogen and oxygen atoms in total. The van der Waals surface area contributed by atoms with Crippen molar-refractivity contribution in [2.75, 3.05) is 44.1 Å². The highest BCUT2D eigenvalue weighted by molar-refractivity contribution is 5.49. The van der Waals surface area contributed by atoms with Gasteiger partial charge in [-0.1, -0.05) is 27.7 Å². The topological polar surface area (TPSA) is 50.3 Å². The van der Waals surface area contributed by atoms with E-state index in [1.165, 1.54) is 0 Å². The molecule has 0 saturated carbocycles. The first kappa shape index (κ1) is 16.7. The van der Waals surface area contributed by atoms with Crippen LogP contribution in [0.25, 0.3) is 0 Å². The monoisotopic (exact) mass is 280 g/mol. The van der Waals surface area contributed by atoms with Gasteiger partial charge in [-0.25, -0.2) is 9.97 Å². The maximum absolute atomic E-state index is 5.21. The third-order valence-corrected chi connectivity index (χ3v) is 2.98. The molecule has 0 amide bonds. The van der Waals surface area contributed by atoms with Gasteiger partial charge in [0.25, 0.3) is 0 Å². The van der Waals surface area contributed by atoms with Gasteiger partial charge in [0.2, 0.25) is 0 Å². The molecule has 114 valence electrons. The van der Waals surface area contributed by atoms with Crippen LogP contribution < -0.4 is 10.2 Å². The highest BCUT2D eigenvalue weighted by atomic mass is 16.5. The molecule has 1 N–H and O–H groups in total. The fourth-order valence-corrected chi connectivity index (χ4v) is 1.94. The number of rotatable bonds is 8. The number of aromatic nitrogens is 2. The number of ether oxygens (including phenoxy) is 1. The van der Waals surface area contributed by atoms with Gasteiger partial charge >= 0.3 is 0 Å². The van der Waals surface area contributed by atoms with Crippen LogP contribution >= 0.6 is 0 Å². The van der Waals surface area contributed by atoms with Gasteiger partial charge < -0.3 is 15.0 Å². The first-order valence-corrected chi connectivity index (χ1v) is 7.28. The van der Waals surface area contributed by atoms with Crippen molar-refractivity contribution in [1.82, 2.24) is 9.97 Å². The van der Waals surface area contributed by atoms with E-state index in [9.17, 15) is 0 Å². The molecule has 0 spiro atoms. The summed E-state index contributed by atoms with van der Waals surface area (Å²) in [5, 5.41) is 3.12. The molecule has 0 saturated heterocycles. The number of nitrogens with one attached hydrogen (secondary N) is 1. The minimum atomic E-state index is 0.311. The molecule has 0 atom stereocenters. The van der Waals surface area contributed by atoms with Gasteiger partial charge in [-0.3, -0.25) is 0 Å². The second-order valence-corrected chi connectivity index (χ2v) is 5.71. The SMILES string of the molecule is CNc1cc(N(CCOC)CC(C)C)nc(C(C)C)n1. The largest absolute Gasteiger partial charge is 0.383 e. The van der Waals surface area contributed by atoms with Crippen LogP contribution in [-0.4, -0.2) is 43.8 Å². The van der Waals surface area contributed by atoms with Crippen molar-refractivity contribution < 1.29 is 4.74 Å². The Balaban J connectivity index is 3.06. The number of nitrogens with zero attached hydrogens (tertiary/aromatic N) is 3. The number of hydrogen-bond acceptors (Lipinski definition) is 5. The maximum atomic E-state index is 5.21. The summed E-state index contributed by atoms with van der Waals surface area (Å²) in [4.78, 5) is 11.5. The van der Waals surface area contributed by atoms with Crippen LogP contribution in [0.15, 0.2) is 6.07 Å². The number of anilines is 2. The Hall–Kier alpha value is -1.36. The van der Waals surface area contributed by atoms with E-state index < -0.39 is 0 Å². The van der Waals surface area contributed by atoms with Crippen molar-refractivity contribution >= 4 is 11.6 Å². The third kappa shape index (κ3) is 4.96. The molecule has 0 unspecified atom stereocenters. The lowest BCUT2D eigenvalue weighted by Crippen LogP contribution is -2.32. The minimum absolute atomic E-state index is 0.311. The maximum Gasteiger partial charge on any atom is 0.135 e. The molecular weight excluding hydrogens is 252 g/mol. The Labute approximate surface area is 122 Å². The van der Waals surface area contributed by atoms with Gasteiger partial charge in [0.15, 0.2) is 0 Å². The molecule has 0 aliphatic carbocycles. The van der Waals surface area contributed by atoms with Crippen molar-refractivity contribution in [2.24, 2.45) is 5.92 Å². The van der Waals surface area contributed by atoms with Crippen LogP contribution in [0, 0.1) is 5.92 Å². The minimum Gasteiger partial charge on any atom is -0.383 e. The highest BCUT2D eigenvalue weighted by Gasteiger charge is 2.14. The predicted octanol–water partition coefficient (Wildman–Crippen LogP) is 2.75. The zero-order chi connectivity index (χ0) is 15.1. The normalized spacial score (nSPS) is 11.2. The zero-order valence-corrected chi connectivity index (χ0v) is 13.6. The molecule has 0 fully saturated rings. The molecular formula is C15H28N4O. The molecule has 1 rings (SSSR count). The van der Waals surface area contributed by atoms with Gasteiger partial charge in [0.1, 0.15) is 17.5 Å². The fraction of sp³-hybridized carbons (Fsp3) is 0.733. The molecule has 0 aromatic carbocycles. The average molecular weight is 280 g/mol. The second kappa shape index (κ2) is 8.04. The fourth-order valence-electron chi connectivity index (χ4n) is 1.94. The lowest BCUT2D eigenvalue weighted by atomic mass is 10.2. The average Bonchev–Trinajstić information content (AvgIpc) is 2.42. The van der Waals surface area contributed by atoms with Crippen molar-refractivity contribution in [2.45, 2.75) is 33.6 Å². The molecule has 0 radical (unpaired) electrons. The summed E-state index contributed by atoms with van der Waals surface area (Å²) in [5.74, 6) is 3.59. The molecule has 20 heavy (non-hydrogen) atoms. The Morgan fingerprint density at radius 1 is 1.25 bits per heavy atom. The van der Waals surface area contributed by atoms with Gasteiger partial charge in [0.05, 0.1) is 6.61 Å². The van der Waals surface area contributed by atoms with E-state index in [0.717, 1.165) is 30.5 Å². The molecule has 0 aliphatic rings. The Morgan fingerprint density at radius 2 is 1.95 bits per heavy atom. The highest BCUT2D eigenvalue weighted by Crippen LogP contribution is 2.20. The first-order chi connectivity index (χ1) is 9.47. The summed E-state index contributed by atoms with van der Waals surface area (Å²) in [6.45, 7) is 11.1. The van der Waals surface area contributed by atoms with Gasteiger partial charge in [-0.2, -0.15) is 0 Å².